The quantitative estimate of drug-likeness (QED) is 0.487. The van der Waals surface area contributed by atoms with Gasteiger partial charge >= 0.3 is 5.91 Å². The van der Waals surface area contributed by atoms with Gasteiger partial charge in [0.15, 0.2) is 6.07 Å². The number of carbonyl (C=O) groups excluding carboxylic acids is 1. The number of carbonyl (C=O) groups is 1. The largest absolute Gasteiger partial charge is 0.357 e. The van der Waals surface area contributed by atoms with E-state index >= 15 is 0 Å². The molecule has 0 aliphatic rings. The van der Waals surface area contributed by atoms with E-state index in [0.29, 0.717) is 0 Å². The first-order chi connectivity index (χ1) is 4.00. The molecule has 9 heavy (non-hydrogen) atoms. The second kappa shape index (κ2) is 6.96. The fourth-order valence-electron chi connectivity index (χ4n) is 0. The van der Waals surface area contributed by atoms with Crippen molar-refractivity contribution in [2.75, 3.05) is 0 Å². The van der Waals surface area contributed by atoms with Crippen LogP contribution < -0.4 is 5.73 Å². The molecule has 0 rings (SSSR count). The predicted octanol–water partition coefficient (Wildman–Crippen LogP) is 0.658. The highest BCUT2D eigenvalue weighted by molar-refractivity contribution is 5.89. The zero-order chi connectivity index (χ0) is 7.86. The molecule has 2 N–H and O–H groups in total. The lowest BCUT2D eigenvalue weighted by Crippen LogP contribution is -2.05. The van der Waals surface area contributed by atoms with E-state index in [0.717, 1.165) is 5.92 Å². The average molecular weight is 128 g/mol. The molecule has 0 spiro atoms. The Morgan fingerprint density at radius 1 is 1.56 bits per heavy atom. The molecular formula is C6H12N2O. The Bertz CT molecular complexity index is 110. The van der Waals surface area contributed by atoms with E-state index in [1.165, 1.54) is 6.07 Å². The van der Waals surface area contributed by atoms with Crippen LogP contribution in [0, 0.1) is 17.2 Å². The minimum Gasteiger partial charge on any atom is -0.357 e. The van der Waals surface area contributed by atoms with Crippen LogP contribution in [-0.2, 0) is 4.79 Å². The Labute approximate surface area is 55.5 Å². The van der Waals surface area contributed by atoms with Crippen molar-refractivity contribution >= 4 is 5.91 Å². The number of nitrogens with two attached hydrogens (primary N) is 1. The van der Waals surface area contributed by atoms with Crippen LogP contribution in [0.2, 0.25) is 0 Å². The Balaban J connectivity index is 0. The summed E-state index contributed by atoms with van der Waals surface area (Å²) >= 11 is 0. The fraction of sp³-hybridized carbons (Fsp3) is 0.667. The molecule has 0 fully saturated rings. The Kier molecular flexibility index (Phi) is 8.39. The van der Waals surface area contributed by atoms with E-state index in [-0.39, 0.29) is 0 Å². The van der Waals surface area contributed by atoms with E-state index in [4.69, 9.17) is 5.26 Å². The molecular weight excluding hydrogens is 116 g/mol. The molecule has 0 heterocycles. The Hall–Kier alpha value is -1.04. The van der Waals surface area contributed by atoms with Crippen LogP contribution in [0.1, 0.15) is 20.8 Å². The third kappa shape index (κ3) is 186. The highest BCUT2D eigenvalue weighted by Crippen LogP contribution is 1.81. The molecule has 0 aromatic carbocycles. The monoisotopic (exact) mass is 128 g/mol. The summed E-state index contributed by atoms with van der Waals surface area (Å²) < 4.78 is 0. The van der Waals surface area contributed by atoms with Gasteiger partial charge in [-0.1, -0.05) is 20.8 Å². The topological polar surface area (TPSA) is 66.9 Å². The molecule has 0 atom stereocenters. The molecule has 0 bridgehead atoms. The van der Waals surface area contributed by atoms with Gasteiger partial charge in [-0.3, -0.25) is 4.79 Å². The van der Waals surface area contributed by atoms with Gasteiger partial charge < -0.3 is 5.73 Å². The molecule has 0 aliphatic carbocycles. The molecule has 0 aromatic rings. The third-order valence-electron chi connectivity index (χ3n) is 0.110. The summed E-state index contributed by atoms with van der Waals surface area (Å²) in [6.07, 6.45) is 0. The number of hydrogen-bond donors (Lipinski definition) is 1. The van der Waals surface area contributed by atoms with Crippen molar-refractivity contribution in [1.29, 1.82) is 5.26 Å². The summed E-state index contributed by atoms with van der Waals surface area (Å²) in [6, 6.07) is 1.17. The Morgan fingerprint density at radius 2 is 1.67 bits per heavy atom. The van der Waals surface area contributed by atoms with Crippen molar-refractivity contribution < 1.29 is 4.79 Å². The molecule has 0 aromatic heterocycles. The molecule has 0 saturated carbocycles. The van der Waals surface area contributed by atoms with E-state index in [1.54, 1.807) is 0 Å². The standard InChI is InChI=1S/C4H10.C2H2N2O/c1-4(2)3;3-1-2(4)5/h4H,1-3H3;(H2,4,5). The van der Waals surface area contributed by atoms with Gasteiger partial charge in [-0.2, -0.15) is 5.26 Å². The second-order valence-corrected chi connectivity index (χ2v) is 2.21. The highest BCUT2D eigenvalue weighted by Gasteiger charge is 1.75. The lowest BCUT2D eigenvalue weighted by atomic mass is 10.3. The van der Waals surface area contributed by atoms with Crippen molar-refractivity contribution in [3.8, 4) is 6.07 Å². The van der Waals surface area contributed by atoms with Gasteiger partial charge in [0.05, 0.1) is 0 Å². The number of nitriles is 1. The van der Waals surface area contributed by atoms with Crippen LogP contribution in [0.25, 0.3) is 0 Å². The van der Waals surface area contributed by atoms with Gasteiger partial charge in [0.25, 0.3) is 0 Å². The maximum atomic E-state index is 9.23. The lowest BCUT2D eigenvalue weighted by Gasteiger charge is -1.79. The number of hydrogen-bond acceptors (Lipinski definition) is 2. The van der Waals surface area contributed by atoms with Crippen LogP contribution >= 0.6 is 0 Å². The van der Waals surface area contributed by atoms with E-state index in [2.05, 4.69) is 26.5 Å². The molecule has 52 valence electrons. The van der Waals surface area contributed by atoms with E-state index < -0.39 is 5.91 Å². The number of primary amides is 1. The van der Waals surface area contributed by atoms with Crippen LogP contribution in [0.4, 0.5) is 0 Å². The van der Waals surface area contributed by atoms with Crippen molar-refractivity contribution in [2.45, 2.75) is 20.8 Å². The van der Waals surface area contributed by atoms with Gasteiger partial charge in [0.2, 0.25) is 0 Å². The summed E-state index contributed by atoms with van der Waals surface area (Å²) in [5.74, 6) is -0.106. The normalized spacial score (nSPS) is 7.00. The van der Waals surface area contributed by atoms with Crippen molar-refractivity contribution in [3.05, 3.63) is 0 Å². The van der Waals surface area contributed by atoms with Crippen LogP contribution in [0.3, 0.4) is 0 Å². The first-order valence-corrected chi connectivity index (χ1v) is 2.70. The van der Waals surface area contributed by atoms with E-state index in [1.807, 2.05) is 0 Å². The van der Waals surface area contributed by atoms with Crippen LogP contribution in [0.15, 0.2) is 0 Å². The number of amides is 1. The smallest absolute Gasteiger partial charge is 0.319 e. The molecule has 0 unspecified atom stereocenters. The SMILES string of the molecule is CC(C)C.N#CC(N)=O. The van der Waals surface area contributed by atoms with Crippen LogP contribution in [0.5, 0.6) is 0 Å². The second-order valence-electron chi connectivity index (χ2n) is 2.21. The minimum atomic E-state index is -0.940. The maximum Gasteiger partial charge on any atom is 0.319 e. The maximum absolute atomic E-state index is 9.23. The molecule has 3 heteroatoms. The first-order valence-electron chi connectivity index (χ1n) is 2.70. The summed E-state index contributed by atoms with van der Waals surface area (Å²) in [7, 11) is 0. The summed E-state index contributed by atoms with van der Waals surface area (Å²) in [4.78, 5) is 9.23. The fourth-order valence-corrected chi connectivity index (χ4v) is 0. The van der Waals surface area contributed by atoms with Gasteiger partial charge in [-0.15, -0.1) is 0 Å². The third-order valence-corrected chi connectivity index (χ3v) is 0.110. The molecule has 3 nitrogen and oxygen atoms in total. The zero-order valence-corrected chi connectivity index (χ0v) is 6.01. The lowest BCUT2D eigenvalue weighted by molar-refractivity contribution is -0.113. The average Bonchev–Trinajstić information content (AvgIpc) is 1.65. The minimum absolute atomic E-state index is 0.833. The summed E-state index contributed by atoms with van der Waals surface area (Å²) in [5, 5.41) is 7.42. The first kappa shape index (κ1) is 10.9. The molecule has 0 aliphatic heterocycles. The molecule has 0 radical (unpaired) electrons. The van der Waals surface area contributed by atoms with Gasteiger partial charge in [-0.05, 0) is 5.92 Å². The van der Waals surface area contributed by atoms with Gasteiger partial charge in [-0.25, -0.2) is 0 Å². The van der Waals surface area contributed by atoms with Crippen LogP contribution in [-0.4, -0.2) is 5.91 Å². The van der Waals surface area contributed by atoms with Gasteiger partial charge in [0, 0.05) is 0 Å². The number of rotatable bonds is 0. The number of nitrogens with zero attached hydrogens (tertiary/aromatic N) is 1. The molecule has 0 saturated heterocycles. The van der Waals surface area contributed by atoms with Gasteiger partial charge in [0.1, 0.15) is 0 Å². The Morgan fingerprint density at radius 3 is 1.67 bits per heavy atom. The predicted molar refractivity (Wildman–Crippen MR) is 35.3 cm³/mol. The molecule has 1 amide bonds. The summed E-state index contributed by atoms with van der Waals surface area (Å²) in [5.41, 5.74) is 4.29. The van der Waals surface area contributed by atoms with Crippen molar-refractivity contribution in [3.63, 3.8) is 0 Å². The zero-order valence-electron chi connectivity index (χ0n) is 6.01. The highest BCUT2D eigenvalue weighted by atomic mass is 16.1. The summed E-state index contributed by atoms with van der Waals surface area (Å²) in [6.45, 7) is 6.50. The van der Waals surface area contributed by atoms with Crippen molar-refractivity contribution in [1.82, 2.24) is 0 Å². The van der Waals surface area contributed by atoms with Crippen molar-refractivity contribution in [2.24, 2.45) is 11.7 Å². The van der Waals surface area contributed by atoms with E-state index in [9.17, 15) is 4.79 Å².